The molecule has 0 aliphatic carbocycles. The summed E-state index contributed by atoms with van der Waals surface area (Å²) in [5.74, 6) is 1.44. The Labute approximate surface area is 77.3 Å². The second kappa shape index (κ2) is 5.19. The Hall–Kier alpha value is -1.51. The molecule has 0 N–H and O–H groups in total. The first-order valence-corrected chi connectivity index (χ1v) is 4.07. The number of ether oxygens (including phenoxy) is 2. The minimum Gasteiger partial charge on any atom is -0.494 e. The maximum Gasteiger partial charge on any atom is 0.239 e. The Morgan fingerprint density at radius 2 is 1.69 bits per heavy atom. The van der Waals surface area contributed by atoms with E-state index in [1.807, 2.05) is 6.92 Å². The number of benzene rings is 1. The van der Waals surface area contributed by atoms with Crippen molar-refractivity contribution in [2.45, 2.75) is 6.92 Å². The molecule has 1 radical (unpaired) electrons. The van der Waals surface area contributed by atoms with Gasteiger partial charge < -0.3 is 9.47 Å². The molecule has 0 spiro atoms. The summed E-state index contributed by atoms with van der Waals surface area (Å²) in [6.07, 6.45) is 1.65. The van der Waals surface area contributed by atoms with Crippen LogP contribution in [0.25, 0.3) is 0 Å². The molecular weight excluding hydrogens is 168 g/mol. The van der Waals surface area contributed by atoms with Crippen LogP contribution in [0.3, 0.4) is 0 Å². The quantitative estimate of drug-likeness (QED) is 0.688. The smallest absolute Gasteiger partial charge is 0.239 e. The summed E-state index contributed by atoms with van der Waals surface area (Å²) < 4.78 is 10.2. The molecule has 0 saturated carbocycles. The summed E-state index contributed by atoms with van der Waals surface area (Å²) in [6, 6.07) is 7.10. The van der Waals surface area contributed by atoms with Crippen molar-refractivity contribution in [3.8, 4) is 11.5 Å². The maximum atomic E-state index is 9.87. The molecule has 0 aliphatic heterocycles. The lowest BCUT2D eigenvalue weighted by Gasteiger charge is -2.04. The van der Waals surface area contributed by atoms with Gasteiger partial charge in [0, 0.05) is 0 Å². The van der Waals surface area contributed by atoms with Crippen LogP contribution in [0.2, 0.25) is 0 Å². The molecule has 0 bridgehead atoms. The van der Waals surface area contributed by atoms with Gasteiger partial charge in [-0.25, -0.2) is 0 Å². The summed E-state index contributed by atoms with van der Waals surface area (Å²) in [7, 11) is 0. The Kier molecular flexibility index (Phi) is 3.82. The van der Waals surface area contributed by atoms with Crippen molar-refractivity contribution in [1.29, 1.82) is 0 Å². The van der Waals surface area contributed by atoms with Gasteiger partial charge in [-0.15, -0.1) is 0 Å². The predicted octanol–water partition coefficient (Wildman–Crippen LogP) is 1.57. The van der Waals surface area contributed by atoms with Gasteiger partial charge in [0.1, 0.15) is 11.5 Å². The zero-order valence-corrected chi connectivity index (χ0v) is 7.45. The van der Waals surface area contributed by atoms with Crippen LogP contribution in [0, 0.1) is 0 Å². The van der Waals surface area contributed by atoms with E-state index < -0.39 is 0 Å². The van der Waals surface area contributed by atoms with E-state index in [1.54, 1.807) is 30.6 Å². The van der Waals surface area contributed by atoms with E-state index >= 15 is 0 Å². The summed E-state index contributed by atoms with van der Waals surface area (Å²) in [6.45, 7) is 2.53. The lowest BCUT2D eigenvalue weighted by atomic mass is 10.3. The third-order valence-corrected chi connectivity index (χ3v) is 1.43. The molecule has 0 aliphatic rings. The molecule has 69 valence electrons. The summed E-state index contributed by atoms with van der Waals surface area (Å²) in [5.41, 5.74) is 0. The average molecular weight is 179 g/mol. The van der Waals surface area contributed by atoms with Crippen molar-refractivity contribution < 1.29 is 14.3 Å². The van der Waals surface area contributed by atoms with E-state index in [2.05, 4.69) is 0 Å². The SMILES string of the molecule is CCOc1ccc(OC[C]=O)cc1. The highest BCUT2D eigenvalue weighted by Crippen LogP contribution is 2.16. The zero-order chi connectivity index (χ0) is 9.52. The van der Waals surface area contributed by atoms with Gasteiger partial charge in [0.15, 0.2) is 6.61 Å². The van der Waals surface area contributed by atoms with Gasteiger partial charge in [-0.2, -0.15) is 0 Å². The molecule has 0 heterocycles. The molecule has 0 unspecified atom stereocenters. The van der Waals surface area contributed by atoms with Gasteiger partial charge in [-0.1, -0.05) is 0 Å². The summed E-state index contributed by atoms with van der Waals surface area (Å²) in [5, 5.41) is 0. The van der Waals surface area contributed by atoms with Crippen molar-refractivity contribution in [2.75, 3.05) is 13.2 Å². The standard InChI is InChI=1S/C10H11O3/c1-2-12-9-3-5-10(6-4-9)13-8-7-11/h3-6H,2,8H2,1H3. The second-order valence-electron chi connectivity index (χ2n) is 2.34. The average Bonchev–Trinajstić information content (AvgIpc) is 2.17. The fourth-order valence-corrected chi connectivity index (χ4v) is 0.912. The van der Waals surface area contributed by atoms with Crippen LogP contribution in [-0.2, 0) is 4.79 Å². The third-order valence-electron chi connectivity index (χ3n) is 1.43. The minimum atomic E-state index is -0.0337. The van der Waals surface area contributed by atoms with Gasteiger partial charge in [0.05, 0.1) is 6.61 Å². The highest BCUT2D eigenvalue weighted by Gasteiger charge is 1.94. The minimum absolute atomic E-state index is 0.0337. The van der Waals surface area contributed by atoms with Gasteiger partial charge in [-0.3, -0.25) is 4.79 Å². The number of carbonyl (C=O) groups excluding carboxylic acids is 1. The van der Waals surface area contributed by atoms with Crippen molar-refractivity contribution in [3.63, 3.8) is 0 Å². The Morgan fingerprint density at radius 3 is 2.15 bits per heavy atom. The molecule has 1 rings (SSSR count). The van der Waals surface area contributed by atoms with Crippen molar-refractivity contribution in [2.24, 2.45) is 0 Å². The monoisotopic (exact) mass is 179 g/mol. The molecule has 3 nitrogen and oxygen atoms in total. The highest BCUT2D eigenvalue weighted by atomic mass is 16.5. The van der Waals surface area contributed by atoms with Crippen LogP contribution in [0.15, 0.2) is 24.3 Å². The van der Waals surface area contributed by atoms with Crippen LogP contribution in [0.5, 0.6) is 11.5 Å². The predicted molar refractivity (Wildman–Crippen MR) is 48.8 cm³/mol. The fourth-order valence-electron chi connectivity index (χ4n) is 0.912. The maximum absolute atomic E-state index is 9.87. The zero-order valence-electron chi connectivity index (χ0n) is 7.45. The second-order valence-corrected chi connectivity index (χ2v) is 2.34. The first kappa shape index (κ1) is 9.58. The first-order chi connectivity index (χ1) is 6.36. The molecule has 3 heteroatoms. The lowest BCUT2D eigenvalue weighted by Crippen LogP contribution is -1.97. The number of hydrogen-bond acceptors (Lipinski definition) is 3. The van der Waals surface area contributed by atoms with E-state index in [9.17, 15) is 4.79 Å². The molecule has 13 heavy (non-hydrogen) atoms. The van der Waals surface area contributed by atoms with Crippen molar-refractivity contribution in [3.05, 3.63) is 24.3 Å². The third kappa shape index (κ3) is 3.15. The molecule has 0 aromatic heterocycles. The molecule has 0 saturated heterocycles. The van der Waals surface area contributed by atoms with E-state index in [-0.39, 0.29) is 6.61 Å². The first-order valence-electron chi connectivity index (χ1n) is 4.07. The molecular formula is C10H11O3. The molecule has 0 amide bonds. The van der Waals surface area contributed by atoms with Gasteiger partial charge in [0.2, 0.25) is 6.29 Å². The Morgan fingerprint density at radius 1 is 1.15 bits per heavy atom. The molecule has 1 aromatic carbocycles. The molecule has 0 fully saturated rings. The van der Waals surface area contributed by atoms with E-state index in [1.165, 1.54) is 0 Å². The number of hydrogen-bond donors (Lipinski definition) is 0. The van der Waals surface area contributed by atoms with Gasteiger partial charge >= 0.3 is 0 Å². The molecule has 0 atom stereocenters. The highest BCUT2D eigenvalue weighted by molar-refractivity contribution is 5.52. The van der Waals surface area contributed by atoms with Gasteiger partial charge in [-0.05, 0) is 31.2 Å². The Balaban J connectivity index is 2.53. The normalized spacial score (nSPS) is 9.31. The van der Waals surface area contributed by atoms with E-state index in [4.69, 9.17) is 9.47 Å². The molecule has 1 aromatic rings. The van der Waals surface area contributed by atoms with Crippen LogP contribution in [-0.4, -0.2) is 19.5 Å². The largest absolute Gasteiger partial charge is 0.494 e. The van der Waals surface area contributed by atoms with E-state index in [0.29, 0.717) is 12.4 Å². The van der Waals surface area contributed by atoms with Crippen molar-refractivity contribution in [1.82, 2.24) is 0 Å². The number of rotatable bonds is 5. The Bertz CT molecular complexity index is 253. The topological polar surface area (TPSA) is 35.5 Å². The van der Waals surface area contributed by atoms with Crippen LogP contribution >= 0.6 is 0 Å². The summed E-state index contributed by atoms with van der Waals surface area (Å²) in [4.78, 5) is 9.87. The lowest BCUT2D eigenvalue weighted by molar-refractivity contribution is 0.337. The van der Waals surface area contributed by atoms with Crippen LogP contribution < -0.4 is 9.47 Å². The van der Waals surface area contributed by atoms with Crippen LogP contribution in [0.4, 0.5) is 0 Å². The van der Waals surface area contributed by atoms with Crippen molar-refractivity contribution >= 4 is 6.29 Å². The van der Waals surface area contributed by atoms with E-state index in [0.717, 1.165) is 5.75 Å². The summed E-state index contributed by atoms with van der Waals surface area (Å²) >= 11 is 0. The fraction of sp³-hybridized carbons (Fsp3) is 0.300. The van der Waals surface area contributed by atoms with Crippen LogP contribution in [0.1, 0.15) is 6.92 Å². The van der Waals surface area contributed by atoms with Gasteiger partial charge in [0.25, 0.3) is 0 Å².